The van der Waals surface area contributed by atoms with Gasteiger partial charge in [0.15, 0.2) is 0 Å². The summed E-state index contributed by atoms with van der Waals surface area (Å²) in [6.07, 6.45) is 3.85. The maximum absolute atomic E-state index is 5.98. The van der Waals surface area contributed by atoms with Crippen molar-refractivity contribution in [3.05, 3.63) is 65.1 Å². The lowest BCUT2D eigenvalue weighted by Gasteiger charge is -2.09. The molecule has 0 bridgehead atoms. The summed E-state index contributed by atoms with van der Waals surface area (Å²) in [5, 5.41) is 0.569. The Labute approximate surface area is 132 Å². The van der Waals surface area contributed by atoms with Gasteiger partial charge in [0, 0.05) is 17.4 Å². The van der Waals surface area contributed by atoms with E-state index in [9.17, 15) is 0 Å². The van der Waals surface area contributed by atoms with Gasteiger partial charge in [0.05, 0.1) is 11.3 Å². The molecule has 0 spiro atoms. The van der Waals surface area contributed by atoms with Crippen molar-refractivity contribution in [2.24, 2.45) is 5.73 Å². The number of pyridine rings is 1. The average Bonchev–Trinajstić information content (AvgIpc) is 2.87. The third-order valence-electron chi connectivity index (χ3n) is 3.00. The fraction of sp³-hybridized carbons (Fsp3) is 0.0667. The van der Waals surface area contributed by atoms with E-state index in [-0.39, 0.29) is 4.99 Å². The third kappa shape index (κ3) is 2.99. The molecule has 2 heterocycles. The summed E-state index contributed by atoms with van der Waals surface area (Å²) in [6.45, 7) is 0.317. The van der Waals surface area contributed by atoms with Gasteiger partial charge in [0.2, 0.25) is 0 Å². The minimum atomic E-state index is 0.275. The molecule has 2 aromatic heterocycles. The summed E-state index contributed by atoms with van der Waals surface area (Å²) in [7, 11) is 0. The topological polar surface area (TPSA) is 52.5 Å². The maximum Gasteiger partial charge on any atom is 0.137 e. The van der Waals surface area contributed by atoms with E-state index in [1.165, 1.54) is 0 Å². The van der Waals surface area contributed by atoms with Crippen LogP contribution in [0.15, 0.2) is 48.8 Å². The van der Waals surface area contributed by atoms with Crippen LogP contribution in [0, 0.1) is 0 Å². The Balaban J connectivity index is 1.84. The van der Waals surface area contributed by atoms with Gasteiger partial charge < -0.3 is 14.9 Å². The Hall–Kier alpha value is -2.11. The molecule has 0 saturated carbocycles. The van der Waals surface area contributed by atoms with Gasteiger partial charge in [0.1, 0.15) is 23.0 Å². The van der Waals surface area contributed by atoms with Crippen LogP contribution in [0.25, 0.3) is 5.65 Å². The first kappa shape index (κ1) is 13.9. The van der Waals surface area contributed by atoms with Crippen molar-refractivity contribution in [2.45, 2.75) is 6.61 Å². The molecule has 2 N–H and O–H groups in total. The quantitative estimate of drug-likeness (QED) is 0.751. The molecule has 0 unspecified atom stereocenters. The van der Waals surface area contributed by atoms with Gasteiger partial charge in [-0.1, -0.05) is 29.9 Å². The minimum absolute atomic E-state index is 0.275. The fourth-order valence-electron chi connectivity index (χ4n) is 2.03. The van der Waals surface area contributed by atoms with Crippen LogP contribution in [-0.4, -0.2) is 14.4 Å². The Morgan fingerprint density at radius 2 is 2.19 bits per heavy atom. The zero-order valence-electron chi connectivity index (χ0n) is 11.0. The summed E-state index contributed by atoms with van der Waals surface area (Å²) < 4.78 is 7.70. The van der Waals surface area contributed by atoms with Crippen LogP contribution >= 0.6 is 23.8 Å². The number of halogens is 1. The van der Waals surface area contributed by atoms with E-state index in [2.05, 4.69) is 4.98 Å². The molecule has 0 fully saturated rings. The van der Waals surface area contributed by atoms with E-state index in [0.29, 0.717) is 22.9 Å². The lowest BCUT2D eigenvalue weighted by atomic mass is 10.2. The van der Waals surface area contributed by atoms with Crippen LogP contribution in [0.1, 0.15) is 11.3 Å². The molecule has 0 atom stereocenters. The van der Waals surface area contributed by atoms with Crippen molar-refractivity contribution in [1.82, 2.24) is 9.38 Å². The third-order valence-corrected chi connectivity index (χ3v) is 3.45. The second-order valence-electron chi connectivity index (χ2n) is 4.49. The normalized spacial score (nSPS) is 10.7. The van der Waals surface area contributed by atoms with Crippen LogP contribution in [0.5, 0.6) is 5.75 Å². The molecule has 0 aliphatic heterocycles. The highest BCUT2D eigenvalue weighted by atomic mass is 35.5. The Bertz CT molecular complexity index is 783. The number of hydrogen-bond acceptors (Lipinski definition) is 3. The molecule has 106 valence electrons. The molecule has 4 nitrogen and oxygen atoms in total. The van der Waals surface area contributed by atoms with Crippen molar-refractivity contribution >= 4 is 34.5 Å². The molecule has 0 aliphatic carbocycles. The number of fused-ring (bicyclic) bond motifs is 1. The summed E-state index contributed by atoms with van der Waals surface area (Å²) in [5.41, 5.74) is 8.04. The summed E-state index contributed by atoms with van der Waals surface area (Å²) in [5.74, 6) is 0.562. The van der Waals surface area contributed by atoms with E-state index in [1.54, 1.807) is 18.2 Å². The number of ether oxygens (including phenoxy) is 1. The second kappa shape index (κ2) is 5.71. The fourth-order valence-corrected chi connectivity index (χ4v) is 2.36. The number of rotatable bonds is 4. The number of aromatic nitrogens is 2. The van der Waals surface area contributed by atoms with Crippen molar-refractivity contribution < 1.29 is 4.74 Å². The number of nitrogens with two attached hydrogens (primary N) is 1. The smallest absolute Gasteiger partial charge is 0.137 e. The molecule has 0 radical (unpaired) electrons. The molecule has 0 amide bonds. The van der Waals surface area contributed by atoms with E-state index in [1.807, 2.05) is 35.0 Å². The standard InChI is InChI=1S/C15H12ClN3OS/c16-10-4-5-12(15(17)21)13(7-10)20-9-11-8-19-6-2-1-3-14(19)18-11/h1-8H,9H2,(H2,17,21). The highest BCUT2D eigenvalue weighted by Crippen LogP contribution is 2.24. The van der Waals surface area contributed by atoms with Gasteiger partial charge in [-0.3, -0.25) is 0 Å². The number of imidazole rings is 1. The predicted octanol–water partition coefficient (Wildman–Crippen LogP) is 3.20. The molecular formula is C15H12ClN3OS. The molecule has 6 heteroatoms. The first-order chi connectivity index (χ1) is 10.1. The molecular weight excluding hydrogens is 306 g/mol. The molecule has 0 aliphatic rings. The van der Waals surface area contributed by atoms with Gasteiger partial charge in [-0.25, -0.2) is 4.98 Å². The molecule has 3 rings (SSSR count). The van der Waals surface area contributed by atoms with Crippen molar-refractivity contribution in [3.8, 4) is 5.75 Å². The molecule has 1 aromatic carbocycles. The second-order valence-corrected chi connectivity index (χ2v) is 5.37. The summed E-state index contributed by atoms with van der Waals surface area (Å²) >= 11 is 11.0. The zero-order valence-corrected chi connectivity index (χ0v) is 12.6. The number of benzene rings is 1. The van der Waals surface area contributed by atoms with Gasteiger partial charge in [-0.05, 0) is 30.3 Å². The molecule has 3 aromatic rings. The monoisotopic (exact) mass is 317 g/mol. The summed E-state index contributed by atoms with van der Waals surface area (Å²) in [4.78, 5) is 4.74. The summed E-state index contributed by atoms with van der Waals surface area (Å²) in [6, 6.07) is 11.0. The first-order valence-electron chi connectivity index (χ1n) is 6.28. The maximum atomic E-state index is 5.98. The van der Waals surface area contributed by atoms with Crippen molar-refractivity contribution in [2.75, 3.05) is 0 Å². The highest BCUT2D eigenvalue weighted by Gasteiger charge is 2.09. The van der Waals surface area contributed by atoms with E-state index < -0.39 is 0 Å². The van der Waals surface area contributed by atoms with Crippen LogP contribution in [0.4, 0.5) is 0 Å². The van der Waals surface area contributed by atoms with E-state index in [4.69, 9.17) is 34.3 Å². The van der Waals surface area contributed by atoms with Crippen LogP contribution < -0.4 is 10.5 Å². The van der Waals surface area contributed by atoms with Crippen LogP contribution in [-0.2, 0) is 6.61 Å². The van der Waals surface area contributed by atoms with Gasteiger partial charge in [-0.15, -0.1) is 0 Å². The van der Waals surface area contributed by atoms with Crippen LogP contribution in [0.3, 0.4) is 0 Å². The predicted molar refractivity (Wildman–Crippen MR) is 86.9 cm³/mol. The van der Waals surface area contributed by atoms with Crippen molar-refractivity contribution in [3.63, 3.8) is 0 Å². The number of nitrogens with zero attached hydrogens (tertiary/aromatic N) is 2. The van der Waals surface area contributed by atoms with E-state index in [0.717, 1.165) is 11.3 Å². The van der Waals surface area contributed by atoms with Crippen molar-refractivity contribution in [1.29, 1.82) is 0 Å². The lowest BCUT2D eigenvalue weighted by Crippen LogP contribution is -2.11. The first-order valence-corrected chi connectivity index (χ1v) is 7.07. The number of thiocarbonyl (C=S) groups is 1. The molecule has 0 saturated heterocycles. The Kier molecular flexibility index (Phi) is 3.77. The van der Waals surface area contributed by atoms with Gasteiger partial charge in [-0.2, -0.15) is 0 Å². The van der Waals surface area contributed by atoms with Crippen LogP contribution in [0.2, 0.25) is 5.02 Å². The SMILES string of the molecule is NC(=S)c1ccc(Cl)cc1OCc1cn2ccccc2n1. The Morgan fingerprint density at radius 3 is 2.95 bits per heavy atom. The number of hydrogen-bond donors (Lipinski definition) is 1. The molecule has 21 heavy (non-hydrogen) atoms. The minimum Gasteiger partial charge on any atom is -0.486 e. The average molecular weight is 318 g/mol. The largest absolute Gasteiger partial charge is 0.486 e. The van der Waals surface area contributed by atoms with Gasteiger partial charge >= 0.3 is 0 Å². The Morgan fingerprint density at radius 1 is 1.33 bits per heavy atom. The lowest BCUT2D eigenvalue weighted by molar-refractivity contribution is 0.301. The van der Waals surface area contributed by atoms with E-state index >= 15 is 0 Å². The highest BCUT2D eigenvalue weighted by molar-refractivity contribution is 7.80. The van der Waals surface area contributed by atoms with Gasteiger partial charge in [0.25, 0.3) is 0 Å². The zero-order chi connectivity index (χ0) is 14.8.